The van der Waals surface area contributed by atoms with Crippen LogP contribution in [0.2, 0.25) is 0 Å². The van der Waals surface area contributed by atoms with Gasteiger partial charge < -0.3 is 32.3 Å². The van der Waals surface area contributed by atoms with Crippen LogP contribution in [0.25, 0.3) is 0 Å². The smallest absolute Gasteiger partial charge is 0.417 e. The van der Waals surface area contributed by atoms with Crippen LogP contribution in [0, 0.1) is 0 Å². The van der Waals surface area contributed by atoms with E-state index in [2.05, 4.69) is 239 Å². The van der Waals surface area contributed by atoms with Crippen molar-refractivity contribution < 1.29 is 41.4 Å². The summed E-state index contributed by atoms with van der Waals surface area (Å²) in [5, 5.41) is 0. The highest BCUT2D eigenvalue weighted by Gasteiger charge is 2.32. The monoisotopic (exact) mass is 1070 g/mol. The first-order valence-electron chi connectivity index (χ1n) is 27.2. The fourth-order valence-electron chi connectivity index (χ4n) is 8.00. The summed E-state index contributed by atoms with van der Waals surface area (Å²) in [6.45, 7) is 56.1. The number of benzene rings is 4. The van der Waals surface area contributed by atoms with Gasteiger partial charge in [0.05, 0.1) is 52.9 Å². The summed E-state index contributed by atoms with van der Waals surface area (Å²) in [6.07, 6.45) is 0. The molecule has 0 aliphatic carbocycles. The average molecular weight is 1080 g/mol. The van der Waals surface area contributed by atoms with Gasteiger partial charge in [0.1, 0.15) is 23.0 Å². The Morgan fingerprint density at radius 1 is 0.253 bits per heavy atom. The van der Waals surface area contributed by atoms with Crippen molar-refractivity contribution in [1.29, 1.82) is 0 Å². The molecule has 4 aromatic rings. The first kappa shape index (κ1) is 64.3. The van der Waals surface area contributed by atoms with Gasteiger partial charge in [-0.1, -0.05) is 215 Å². The summed E-state index contributed by atoms with van der Waals surface area (Å²) in [6, 6.07) is 25.9. The molecule has 9 nitrogen and oxygen atoms in total. The molecule has 0 atom stereocenters. The second-order valence-corrected chi connectivity index (χ2v) is 30.3. The van der Waals surface area contributed by atoms with Crippen LogP contribution in [0.4, 0.5) is 0 Å². The van der Waals surface area contributed by atoms with Crippen LogP contribution in [-0.4, -0.2) is 52.9 Å². The number of hydrogen-bond acceptors (Lipinski definition) is 9. The second kappa shape index (κ2) is 25.7. The maximum atomic E-state index is 6.74. The lowest BCUT2D eigenvalue weighted by molar-refractivity contribution is 0.00427. The highest BCUT2D eigenvalue weighted by Crippen LogP contribution is 2.50. The minimum absolute atomic E-state index is 0.0126. The van der Waals surface area contributed by atoms with Crippen LogP contribution in [0.15, 0.2) is 72.8 Å². The summed E-state index contributed by atoms with van der Waals surface area (Å²) >= 11 is 0. The van der Waals surface area contributed by atoms with E-state index in [1.165, 1.54) is 22.3 Å². The number of rotatable bonds is 22. The molecule has 4 aromatic carbocycles. The van der Waals surface area contributed by atoms with Gasteiger partial charge in [-0.2, -0.15) is 0 Å². The molecule has 0 fully saturated rings. The Morgan fingerprint density at radius 3 is 0.613 bits per heavy atom. The van der Waals surface area contributed by atoms with Gasteiger partial charge >= 0.3 is 17.2 Å². The quantitative estimate of drug-likeness (QED) is 0.0564. The maximum Gasteiger partial charge on any atom is 0.463 e. The zero-order valence-electron chi connectivity index (χ0n) is 51.2. The molecular weight excluding hydrogens is 975 g/mol. The lowest BCUT2D eigenvalue weighted by atomic mass is 9.80. The van der Waals surface area contributed by atoms with E-state index in [9.17, 15) is 0 Å². The van der Waals surface area contributed by atoms with Crippen molar-refractivity contribution >= 4 is 17.2 Å². The molecule has 0 saturated heterocycles. The molecule has 0 heterocycles. The predicted octanol–water partition coefficient (Wildman–Crippen LogP) is 18.2. The molecule has 0 N–H and O–H groups in total. The minimum Gasteiger partial charge on any atom is -0.417 e. The Bertz CT molecular complexity index is 2100. The molecule has 0 aromatic heterocycles. The molecule has 0 saturated carbocycles. The molecule has 4 rings (SSSR count). The normalized spacial score (nSPS) is 13.5. The van der Waals surface area contributed by atoms with Gasteiger partial charge in [0.15, 0.2) is 0 Å². The predicted molar refractivity (Wildman–Crippen MR) is 316 cm³/mol. The van der Waals surface area contributed by atoms with Crippen LogP contribution >= 0.6 is 17.2 Å². The standard InChI is InChI=1S/C64H100O9P2/c1-57(2,3)45-25-29-53(49(41-45)61(13,14)15)70-74(71-54-30-26-46(58(4,5)6)42-50(54)62(16,17)18)68-39-37-66-35-33-65-34-36-67-38-40-69-75(72-55-31-27-47(59(7,8)9)43-51(55)63(19,20)21)73-56-32-28-48(60(10,11)12)44-52(56)64(22,23)24/h25-32,41-44H,33-40H2,1-24H3. The number of hydrogen-bond donors (Lipinski definition) is 0. The third kappa shape index (κ3) is 20.2. The molecule has 0 bridgehead atoms. The molecule has 75 heavy (non-hydrogen) atoms. The highest BCUT2D eigenvalue weighted by atomic mass is 31.2. The van der Waals surface area contributed by atoms with Crippen molar-refractivity contribution in [2.45, 2.75) is 209 Å². The molecule has 0 radical (unpaired) electrons. The lowest BCUT2D eigenvalue weighted by Gasteiger charge is -2.30. The van der Waals surface area contributed by atoms with E-state index >= 15 is 0 Å². The molecule has 0 aliphatic rings. The van der Waals surface area contributed by atoms with Crippen molar-refractivity contribution in [1.82, 2.24) is 0 Å². The van der Waals surface area contributed by atoms with E-state index in [0.717, 1.165) is 45.3 Å². The zero-order valence-corrected chi connectivity index (χ0v) is 52.9. The summed E-state index contributed by atoms with van der Waals surface area (Å²) in [7, 11) is -3.72. The molecule has 0 unspecified atom stereocenters. The van der Waals surface area contributed by atoms with Gasteiger partial charge in [-0.15, -0.1) is 0 Å². The topological polar surface area (TPSA) is 83.1 Å². The van der Waals surface area contributed by atoms with Gasteiger partial charge in [-0.25, -0.2) is 0 Å². The largest absolute Gasteiger partial charge is 0.463 e. The molecule has 420 valence electrons. The SMILES string of the molecule is CC(C)(C)c1ccc(OP(OCCOCCOCCOCCOP(Oc2ccc(C(C)(C)C)cc2C(C)(C)C)Oc2ccc(C(C)(C)C)cc2C(C)(C)C)Oc2ccc(C(C)(C)C)cc2C(C)(C)C)c(C(C)(C)C)c1. The van der Waals surface area contributed by atoms with Crippen LogP contribution in [-0.2, 0) is 66.6 Å². The first-order chi connectivity index (χ1) is 34.3. The van der Waals surface area contributed by atoms with Crippen LogP contribution < -0.4 is 18.1 Å². The highest BCUT2D eigenvalue weighted by molar-refractivity contribution is 7.42. The Balaban J connectivity index is 1.36. The van der Waals surface area contributed by atoms with E-state index < -0.39 is 17.2 Å². The summed E-state index contributed by atoms with van der Waals surface area (Å²) in [5.74, 6) is 3.01. The van der Waals surface area contributed by atoms with E-state index in [4.69, 9.17) is 41.4 Å². The summed E-state index contributed by atoms with van der Waals surface area (Å²) < 4.78 is 57.7. The van der Waals surface area contributed by atoms with E-state index in [1.807, 2.05) is 0 Å². The van der Waals surface area contributed by atoms with Gasteiger partial charge in [-0.3, -0.25) is 9.05 Å². The van der Waals surface area contributed by atoms with Gasteiger partial charge in [0.2, 0.25) is 0 Å². The van der Waals surface area contributed by atoms with Crippen LogP contribution in [0.3, 0.4) is 0 Å². The van der Waals surface area contributed by atoms with Gasteiger partial charge in [-0.05, 0) is 89.8 Å². The van der Waals surface area contributed by atoms with Gasteiger partial charge in [0.25, 0.3) is 0 Å². The molecule has 0 aliphatic heterocycles. The van der Waals surface area contributed by atoms with Crippen LogP contribution in [0.1, 0.15) is 211 Å². The zero-order chi connectivity index (χ0) is 56.6. The molecular formula is C64H100O9P2. The minimum atomic E-state index is -1.86. The Labute approximate surface area is 459 Å². The molecule has 0 spiro atoms. The summed E-state index contributed by atoms with van der Waals surface area (Å²) in [5.41, 5.74) is 8.65. The maximum absolute atomic E-state index is 6.74. The van der Waals surface area contributed by atoms with Crippen molar-refractivity contribution in [3.63, 3.8) is 0 Å². The van der Waals surface area contributed by atoms with E-state index in [1.54, 1.807) is 0 Å². The Kier molecular flexibility index (Phi) is 22.0. The Hall–Kier alpha value is -3.26. The fraction of sp³-hybridized carbons (Fsp3) is 0.625. The first-order valence-corrected chi connectivity index (χ1v) is 29.4. The number of ether oxygens (including phenoxy) is 3. The third-order valence-corrected chi connectivity index (χ3v) is 15.1. The lowest BCUT2D eigenvalue weighted by Crippen LogP contribution is -2.19. The van der Waals surface area contributed by atoms with Crippen molar-refractivity contribution in [3.05, 3.63) is 117 Å². The van der Waals surface area contributed by atoms with E-state index in [0.29, 0.717) is 39.6 Å². The fourth-order valence-corrected chi connectivity index (χ4v) is 10.0. The third-order valence-electron chi connectivity index (χ3n) is 12.9. The van der Waals surface area contributed by atoms with Gasteiger partial charge in [0, 0.05) is 22.3 Å². The summed E-state index contributed by atoms with van der Waals surface area (Å²) in [4.78, 5) is 0. The van der Waals surface area contributed by atoms with Crippen LogP contribution in [0.5, 0.6) is 23.0 Å². The van der Waals surface area contributed by atoms with E-state index in [-0.39, 0.29) is 56.5 Å². The molecule has 0 amide bonds. The van der Waals surface area contributed by atoms with Crippen molar-refractivity contribution in [3.8, 4) is 23.0 Å². The molecule has 11 heteroatoms. The average Bonchev–Trinajstić information content (AvgIpc) is 3.25. The van der Waals surface area contributed by atoms with Crippen molar-refractivity contribution in [2.24, 2.45) is 0 Å². The van der Waals surface area contributed by atoms with Crippen molar-refractivity contribution in [2.75, 3.05) is 52.9 Å². The second-order valence-electron chi connectivity index (χ2n) is 28.2. The Morgan fingerprint density at radius 2 is 0.440 bits per heavy atom.